The van der Waals surface area contributed by atoms with Gasteiger partial charge >= 0.3 is 0 Å². The maximum Gasteiger partial charge on any atom is 0.191 e. The Bertz CT molecular complexity index is 787. The molecule has 0 spiro atoms. The summed E-state index contributed by atoms with van der Waals surface area (Å²) in [5, 5.41) is 9.82. The number of halogens is 1. The molecule has 140 valence electrons. The van der Waals surface area contributed by atoms with Gasteiger partial charge in [-0.05, 0) is 24.5 Å². The average molecular weight is 375 g/mol. The van der Waals surface area contributed by atoms with Crippen molar-refractivity contribution in [3.05, 3.63) is 51.7 Å². The summed E-state index contributed by atoms with van der Waals surface area (Å²) < 4.78 is 14.1. The highest BCUT2D eigenvalue weighted by Crippen LogP contribution is 2.48. The number of thiazole rings is 1. The fraction of sp³-hybridized carbons (Fsp3) is 0.500. The topological polar surface area (TPSA) is 49.3 Å². The molecule has 1 saturated carbocycles. The molecule has 3 rings (SSSR count). The Balaban J connectivity index is 1.56. The van der Waals surface area contributed by atoms with Crippen LogP contribution in [0.4, 0.5) is 4.39 Å². The molecule has 1 aromatic heterocycles. The first-order valence-corrected chi connectivity index (χ1v) is 9.86. The van der Waals surface area contributed by atoms with Gasteiger partial charge in [-0.15, -0.1) is 11.3 Å². The molecule has 1 fully saturated rings. The first kappa shape index (κ1) is 18.8. The van der Waals surface area contributed by atoms with Crippen molar-refractivity contribution >= 4 is 17.3 Å². The molecule has 0 saturated heterocycles. The standard InChI is InChI=1S/C20H27FN4S/c1-19(2,3)16-12-26-17(25-16)11-23-18(22-4)24-13-20(9-10-20)14-7-5-6-8-15(14)21/h5-8,12H,9-11,13H2,1-4H3,(H2,22,23,24). The van der Waals surface area contributed by atoms with E-state index < -0.39 is 0 Å². The maximum absolute atomic E-state index is 14.1. The van der Waals surface area contributed by atoms with Crippen LogP contribution in [0.2, 0.25) is 0 Å². The van der Waals surface area contributed by atoms with Crippen molar-refractivity contribution < 1.29 is 4.39 Å². The van der Waals surface area contributed by atoms with Crippen LogP contribution in [-0.4, -0.2) is 24.5 Å². The number of aromatic nitrogens is 1. The van der Waals surface area contributed by atoms with Crippen LogP contribution in [0, 0.1) is 5.82 Å². The molecule has 1 aliphatic carbocycles. The summed E-state index contributed by atoms with van der Waals surface area (Å²) in [7, 11) is 1.75. The monoisotopic (exact) mass is 374 g/mol. The number of aliphatic imine (C=N–C) groups is 1. The zero-order chi connectivity index (χ0) is 18.8. The third-order valence-electron chi connectivity index (χ3n) is 4.84. The fourth-order valence-electron chi connectivity index (χ4n) is 2.95. The van der Waals surface area contributed by atoms with Crippen LogP contribution in [0.5, 0.6) is 0 Å². The largest absolute Gasteiger partial charge is 0.356 e. The predicted octanol–water partition coefficient (Wildman–Crippen LogP) is 3.98. The highest BCUT2D eigenvalue weighted by molar-refractivity contribution is 7.09. The third-order valence-corrected chi connectivity index (χ3v) is 5.69. The Morgan fingerprint density at radius 3 is 2.58 bits per heavy atom. The number of rotatable bonds is 5. The summed E-state index contributed by atoms with van der Waals surface area (Å²) in [6, 6.07) is 7.07. The molecule has 0 amide bonds. The maximum atomic E-state index is 14.1. The van der Waals surface area contributed by atoms with Gasteiger partial charge in [0.05, 0.1) is 12.2 Å². The van der Waals surface area contributed by atoms with Crippen molar-refractivity contribution in [2.45, 2.75) is 51.0 Å². The molecule has 1 aromatic carbocycles. The Kier molecular flexibility index (Phi) is 5.32. The molecule has 0 unspecified atom stereocenters. The summed E-state index contributed by atoms with van der Waals surface area (Å²) >= 11 is 1.66. The van der Waals surface area contributed by atoms with Crippen LogP contribution < -0.4 is 10.6 Å². The lowest BCUT2D eigenvalue weighted by Crippen LogP contribution is -2.41. The molecule has 4 nitrogen and oxygen atoms in total. The van der Waals surface area contributed by atoms with Gasteiger partial charge < -0.3 is 10.6 Å². The molecule has 2 N–H and O–H groups in total. The van der Waals surface area contributed by atoms with Gasteiger partial charge in [0, 0.05) is 29.8 Å². The van der Waals surface area contributed by atoms with Gasteiger partial charge in [0.1, 0.15) is 10.8 Å². The summed E-state index contributed by atoms with van der Waals surface area (Å²) in [5.41, 5.74) is 1.87. The highest BCUT2D eigenvalue weighted by Gasteiger charge is 2.45. The predicted molar refractivity (Wildman–Crippen MR) is 106 cm³/mol. The molecular formula is C20H27FN4S. The van der Waals surface area contributed by atoms with Crippen molar-refractivity contribution in [3.8, 4) is 0 Å². The van der Waals surface area contributed by atoms with Gasteiger partial charge in [0.2, 0.25) is 0 Å². The van der Waals surface area contributed by atoms with Crippen molar-refractivity contribution in [3.63, 3.8) is 0 Å². The second kappa shape index (κ2) is 7.35. The summed E-state index contributed by atoms with van der Waals surface area (Å²) in [5.74, 6) is 0.604. The first-order chi connectivity index (χ1) is 12.3. The molecule has 0 radical (unpaired) electrons. The van der Waals surface area contributed by atoms with E-state index >= 15 is 0 Å². The molecule has 2 aromatic rings. The molecule has 1 heterocycles. The zero-order valence-corrected chi connectivity index (χ0v) is 16.7. The van der Waals surface area contributed by atoms with Crippen LogP contribution in [-0.2, 0) is 17.4 Å². The lowest BCUT2D eigenvalue weighted by molar-refractivity contribution is 0.559. The van der Waals surface area contributed by atoms with Gasteiger partial charge in [-0.1, -0.05) is 39.0 Å². The van der Waals surface area contributed by atoms with Crippen molar-refractivity contribution in [1.29, 1.82) is 0 Å². The van der Waals surface area contributed by atoms with Crippen molar-refractivity contribution in [2.75, 3.05) is 13.6 Å². The molecule has 0 atom stereocenters. The van der Waals surface area contributed by atoms with Gasteiger partial charge in [0.25, 0.3) is 0 Å². The lowest BCUT2D eigenvalue weighted by atomic mass is 9.93. The second-order valence-electron chi connectivity index (χ2n) is 7.92. The Hall–Kier alpha value is -1.95. The van der Waals surface area contributed by atoms with E-state index in [-0.39, 0.29) is 16.6 Å². The SMILES string of the molecule is CN=C(NCc1nc(C(C)(C)C)cs1)NCC1(c2ccccc2F)CC1. The van der Waals surface area contributed by atoms with Crippen molar-refractivity contribution in [2.24, 2.45) is 4.99 Å². The van der Waals surface area contributed by atoms with Gasteiger partial charge in [-0.25, -0.2) is 9.37 Å². The number of benzene rings is 1. The van der Waals surface area contributed by atoms with Crippen LogP contribution in [0.1, 0.15) is 49.9 Å². The number of hydrogen-bond donors (Lipinski definition) is 2. The van der Waals surface area contributed by atoms with Crippen LogP contribution in [0.15, 0.2) is 34.6 Å². The van der Waals surface area contributed by atoms with E-state index in [1.807, 2.05) is 12.1 Å². The molecule has 26 heavy (non-hydrogen) atoms. The Morgan fingerprint density at radius 1 is 1.27 bits per heavy atom. The molecule has 6 heteroatoms. The van der Waals surface area contributed by atoms with E-state index in [9.17, 15) is 4.39 Å². The minimum atomic E-state index is -0.118. The van der Waals surface area contributed by atoms with Gasteiger partial charge in [-0.3, -0.25) is 4.99 Å². The van der Waals surface area contributed by atoms with Crippen LogP contribution in [0.3, 0.4) is 0 Å². The number of nitrogens with one attached hydrogen (secondary N) is 2. The molecule has 1 aliphatic rings. The highest BCUT2D eigenvalue weighted by atomic mass is 32.1. The van der Waals surface area contributed by atoms with Gasteiger partial charge in [-0.2, -0.15) is 0 Å². The molecular weight excluding hydrogens is 347 g/mol. The number of nitrogens with zero attached hydrogens (tertiary/aromatic N) is 2. The van der Waals surface area contributed by atoms with E-state index in [2.05, 4.69) is 41.8 Å². The van der Waals surface area contributed by atoms with Crippen LogP contribution >= 0.6 is 11.3 Å². The zero-order valence-electron chi connectivity index (χ0n) is 15.9. The Labute approximate surface area is 159 Å². The third kappa shape index (κ3) is 4.23. The van der Waals surface area contributed by atoms with Gasteiger partial charge in [0.15, 0.2) is 5.96 Å². The average Bonchev–Trinajstić information content (AvgIpc) is 3.22. The van der Waals surface area contributed by atoms with Crippen molar-refractivity contribution in [1.82, 2.24) is 15.6 Å². The quantitative estimate of drug-likeness (QED) is 0.615. The van der Waals surface area contributed by atoms with E-state index in [1.54, 1.807) is 24.5 Å². The lowest BCUT2D eigenvalue weighted by Gasteiger charge is -2.19. The molecule has 0 bridgehead atoms. The fourth-order valence-corrected chi connectivity index (χ4v) is 3.91. The normalized spacial score (nSPS) is 16.4. The second-order valence-corrected chi connectivity index (χ2v) is 8.86. The van der Waals surface area contributed by atoms with E-state index in [0.29, 0.717) is 13.1 Å². The number of hydrogen-bond acceptors (Lipinski definition) is 3. The molecule has 0 aliphatic heterocycles. The van der Waals surface area contributed by atoms with Crippen LogP contribution in [0.25, 0.3) is 0 Å². The van der Waals surface area contributed by atoms with E-state index in [1.165, 1.54) is 6.07 Å². The smallest absolute Gasteiger partial charge is 0.191 e. The number of guanidine groups is 1. The minimum absolute atomic E-state index is 0.0623. The summed E-state index contributed by atoms with van der Waals surface area (Å²) in [6.45, 7) is 7.80. The first-order valence-electron chi connectivity index (χ1n) is 8.98. The van der Waals surface area contributed by atoms with E-state index in [0.717, 1.165) is 35.1 Å². The Morgan fingerprint density at radius 2 is 2.00 bits per heavy atom. The van der Waals surface area contributed by atoms with E-state index in [4.69, 9.17) is 4.98 Å². The minimum Gasteiger partial charge on any atom is -0.356 e. The summed E-state index contributed by atoms with van der Waals surface area (Å²) in [4.78, 5) is 8.97. The summed E-state index contributed by atoms with van der Waals surface area (Å²) in [6.07, 6.45) is 2.00.